The zero-order valence-electron chi connectivity index (χ0n) is 16.2. The fourth-order valence-corrected chi connectivity index (χ4v) is 4.36. The van der Waals surface area contributed by atoms with E-state index in [9.17, 15) is 9.59 Å². The molecule has 0 aliphatic carbocycles. The van der Waals surface area contributed by atoms with Crippen LogP contribution >= 0.6 is 11.3 Å². The summed E-state index contributed by atoms with van der Waals surface area (Å²) in [6, 6.07) is 15.4. The summed E-state index contributed by atoms with van der Waals surface area (Å²) in [5, 5.41) is 7.14. The predicted octanol–water partition coefficient (Wildman–Crippen LogP) is 3.65. The van der Waals surface area contributed by atoms with E-state index in [1.165, 1.54) is 0 Å². The second-order valence-electron chi connectivity index (χ2n) is 7.13. The molecule has 3 aromatic rings. The Bertz CT molecular complexity index is 1000. The normalized spacial score (nSPS) is 13.8. The van der Waals surface area contributed by atoms with Crippen LogP contribution in [-0.2, 0) is 11.3 Å². The van der Waals surface area contributed by atoms with Crippen molar-refractivity contribution in [2.24, 2.45) is 0 Å². The maximum Gasteiger partial charge on any atom is 0.251 e. The molecule has 1 fully saturated rings. The molecule has 4 rings (SSSR count). The smallest absolute Gasteiger partial charge is 0.251 e. The lowest BCUT2D eigenvalue weighted by Crippen LogP contribution is -2.26. The first kappa shape index (κ1) is 19.4. The number of nitrogens with one attached hydrogen (secondary N) is 2. The Morgan fingerprint density at radius 3 is 2.83 bits per heavy atom. The van der Waals surface area contributed by atoms with Gasteiger partial charge in [0.2, 0.25) is 5.91 Å². The monoisotopic (exact) mass is 408 g/mol. The molecule has 0 spiro atoms. The number of fused-ring (bicyclic) bond motifs is 1. The number of nitrogens with zero attached hydrogens (tertiary/aromatic N) is 2. The topological polar surface area (TPSA) is 74.3 Å². The van der Waals surface area contributed by atoms with Crippen LogP contribution in [0, 0.1) is 0 Å². The largest absolute Gasteiger partial charge is 0.361 e. The average Bonchev–Trinajstić information content (AvgIpc) is 3.35. The standard InChI is InChI=1S/C22H24N4O2S/c27-20-8-4-12-26(20)13-5-11-23-22-25-18-10-9-17(14-19(18)29-22)21(28)24-15-16-6-2-1-3-7-16/h1-3,6-7,9-10,14H,4-5,8,11-13,15H2,(H,23,25)(H,24,28). The predicted molar refractivity (Wildman–Crippen MR) is 116 cm³/mol. The molecule has 2 heterocycles. The van der Waals surface area contributed by atoms with Crippen LogP contribution in [0.1, 0.15) is 35.2 Å². The summed E-state index contributed by atoms with van der Waals surface area (Å²) in [5.74, 6) is 0.178. The summed E-state index contributed by atoms with van der Waals surface area (Å²) >= 11 is 1.54. The first-order valence-corrected chi connectivity index (χ1v) is 10.7. The van der Waals surface area contributed by atoms with Crippen molar-refractivity contribution in [1.29, 1.82) is 0 Å². The lowest BCUT2D eigenvalue weighted by Gasteiger charge is -2.14. The van der Waals surface area contributed by atoms with E-state index in [0.717, 1.165) is 53.4 Å². The number of amides is 2. The van der Waals surface area contributed by atoms with Gasteiger partial charge in [0.25, 0.3) is 5.91 Å². The molecule has 29 heavy (non-hydrogen) atoms. The van der Waals surface area contributed by atoms with Gasteiger partial charge in [-0.2, -0.15) is 0 Å². The fourth-order valence-electron chi connectivity index (χ4n) is 3.43. The van der Waals surface area contributed by atoms with Crippen molar-refractivity contribution in [3.05, 3.63) is 59.7 Å². The van der Waals surface area contributed by atoms with Gasteiger partial charge < -0.3 is 15.5 Å². The molecule has 1 saturated heterocycles. The third-order valence-corrected chi connectivity index (χ3v) is 5.97. The van der Waals surface area contributed by atoms with E-state index in [-0.39, 0.29) is 11.8 Å². The molecule has 7 heteroatoms. The number of anilines is 1. The molecule has 0 saturated carbocycles. The number of aromatic nitrogens is 1. The van der Waals surface area contributed by atoms with Crippen LogP contribution in [0.3, 0.4) is 0 Å². The summed E-state index contributed by atoms with van der Waals surface area (Å²) in [4.78, 5) is 30.6. The SMILES string of the molecule is O=C(NCc1ccccc1)c1ccc2nc(NCCCN3CCCC3=O)sc2c1. The van der Waals surface area contributed by atoms with Gasteiger partial charge in [-0.3, -0.25) is 9.59 Å². The Kier molecular flexibility index (Phi) is 6.05. The number of hydrogen-bond donors (Lipinski definition) is 2. The number of hydrogen-bond acceptors (Lipinski definition) is 5. The third kappa shape index (κ3) is 4.92. The van der Waals surface area contributed by atoms with E-state index in [4.69, 9.17) is 0 Å². The van der Waals surface area contributed by atoms with E-state index in [0.29, 0.717) is 18.5 Å². The molecule has 1 aromatic heterocycles. The number of benzene rings is 2. The maximum atomic E-state index is 12.5. The highest BCUT2D eigenvalue weighted by Crippen LogP contribution is 2.27. The Hall–Kier alpha value is -2.93. The molecule has 2 N–H and O–H groups in total. The molecule has 0 unspecified atom stereocenters. The minimum absolute atomic E-state index is 0.0889. The van der Waals surface area contributed by atoms with E-state index >= 15 is 0 Å². The first-order chi connectivity index (χ1) is 14.2. The van der Waals surface area contributed by atoms with Crippen LogP contribution in [0.25, 0.3) is 10.2 Å². The lowest BCUT2D eigenvalue weighted by atomic mass is 10.2. The molecule has 0 atom stereocenters. The van der Waals surface area contributed by atoms with Crippen LogP contribution < -0.4 is 10.6 Å². The average molecular weight is 409 g/mol. The van der Waals surface area contributed by atoms with Crippen molar-refractivity contribution in [2.75, 3.05) is 25.0 Å². The second kappa shape index (κ2) is 9.05. The van der Waals surface area contributed by atoms with E-state index in [2.05, 4.69) is 15.6 Å². The highest BCUT2D eigenvalue weighted by atomic mass is 32.1. The molecule has 2 amide bonds. The Labute approximate surface area is 173 Å². The van der Waals surface area contributed by atoms with Crippen molar-refractivity contribution in [2.45, 2.75) is 25.8 Å². The molecular formula is C22H24N4O2S. The minimum atomic E-state index is -0.0889. The van der Waals surface area contributed by atoms with Gasteiger partial charge in [0.15, 0.2) is 5.13 Å². The second-order valence-corrected chi connectivity index (χ2v) is 8.17. The zero-order chi connectivity index (χ0) is 20.1. The first-order valence-electron chi connectivity index (χ1n) is 9.93. The van der Waals surface area contributed by atoms with E-state index in [1.807, 2.05) is 53.4 Å². The van der Waals surface area contributed by atoms with Crippen molar-refractivity contribution in [3.63, 3.8) is 0 Å². The quantitative estimate of drug-likeness (QED) is 0.558. The molecule has 1 aliphatic heterocycles. The van der Waals surface area contributed by atoms with E-state index < -0.39 is 0 Å². The van der Waals surface area contributed by atoms with Crippen molar-refractivity contribution >= 4 is 38.5 Å². The molecule has 0 bridgehead atoms. The number of rotatable bonds is 8. The maximum absolute atomic E-state index is 12.5. The number of thiazole rings is 1. The van der Waals surface area contributed by atoms with Crippen LogP contribution in [0.5, 0.6) is 0 Å². The summed E-state index contributed by atoms with van der Waals surface area (Å²) in [5.41, 5.74) is 2.59. The molecular weight excluding hydrogens is 384 g/mol. The van der Waals surface area contributed by atoms with Gasteiger partial charge in [-0.05, 0) is 36.6 Å². The van der Waals surface area contributed by atoms with Crippen LogP contribution in [0.15, 0.2) is 48.5 Å². The molecule has 6 nitrogen and oxygen atoms in total. The van der Waals surface area contributed by atoms with Gasteiger partial charge in [-0.15, -0.1) is 0 Å². The molecule has 1 aliphatic rings. The third-order valence-electron chi connectivity index (χ3n) is 5.00. The molecule has 150 valence electrons. The highest BCUT2D eigenvalue weighted by molar-refractivity contribution is 7.22. The van der Waals surface area contributed by atoms with E-state index in [1.54, 1.807) is 11.3 Å². The van der Waals surface area contributed by atoms with Gasteiger partial charge in [0.05, 0.1) is 10.2 Å². The summed E-state index contributed by atoms with van der Waals surface area (Å²) in [6.45, 7) is 2.96. The fraction of sp³-hybridized carbons (Fsp3) is 0.318. The minimum Gasteiger partial charge on any atom is -0.361 e. The highest BCUT2D eigenvalue weighted by Gasteiger charge is 2.19. The molecule has 0 radical (unpaired) electrons. The van der Waals surface area contributed by atoms with Crippen molar-refractivity contribution < 1.29 is 9.59 Å². The lowest BCUT2D eigenvalue weighted by molar-refractivity contribution is -0.127. The van der Waals surface area contributed by atoms with Crippen LogP contribution in [-0.4, -0.2) is 41.3 Å². The van der Waals surface area contributed by atoms with Gasteiger partial charge in [-0.1, -0.05) is 41.7 Å². The molecule has 2 aromatic carbocycles. The Balaban J connectivity index is 1.31. The number of carbonyl (C=O) groups excluding carboxylic acids is 2. The van der Waals surface area contributed by atoms with Gasteiger partial charge >= 0.3 is 0 Å². The Morgan fingerprint density at radius 1 is 1.17 bits per heavy atom. The van der Waals surface area contributed by atoms with Crippen LogP contribution in [0.4, 0.5) is 5.13 Å². The summed E-state index contributed by atoms with van der Waals surface area (Å²) < 4.78 is 0.981. The van der Waals surface area contributed by atoms with Crippen LogP contribution in [0.2, 0.25) is 0 Å². The van der Waals surface area contributed by atoms with Crippen molar-refractivity contribution in [3.8, 4) is 0 Å². The van der Waals surface area contributed by atoms with Gasteiger partial charge in [0.1, 0.15) is 0 Å². The summed E-state index contributed by atoms with van der Waals surface area (Å²) in [7, 11) is 0. The van der Waals surface area contributed by atoms with Gasteiger partial charge in [-0.25, -0.2) is 4.98 Å². The zero-order valence-corrected chi connectivity index (χ0v) is 17.0. The summed E-state index contributed by atoms with van der Waals surface area (Å²) in [6.07, 6.45) is 2.56. The number of likely N-dealkylation sites (tertiary alicyclic amines) is 1. The number of carbonyl (C=O) groups is 2. The Morgan fingerprint density at radius 2 is 2.03 bits per heavy atom. The van der Waals surface area contributed by atoms with Crippen molar-refractivity contribution in [1.82, 2.24) is 15.2 Å². The van der Waals surface area contributed by atoms with Gasteiger partial charge in [0, 0.05) is 38.2 Å².